The molecule has 0 amide bonds. The summed E-state index contributed by atoms with van der Waals surface area (Å²) in [5.74, 6) is 0.806. The van der Waals surface area contributed by atoms with Crippen LogP contribution in [0.1, 0.15) is 5.69 Å². The van der Waals surface area contributed by atoms with Crippen molar-refractivity contribution in [3.8, 4) is 5.75 Å². The van der Waals surface area contributed by atoms with Crippen LogP contribution in [0.3, 0.4) is 0 Å². The van der Waals surface area contributed by atoms with E-state index in [-0.39, 0.29) is 0 Å². The van der Waals surface area contributed by atoms with Gasteiger partial charge in [0.1, 0.15) is 11.4 Å². The van der Waals surface area contributed by atoms with Crippen LogP contribution in [-0.2, 0) is 7.05 Å². The second kappa shape index (κ2) is 3.42. The van der Waals surface area contributed by atoms with Gasteiger partial charge in [-0.1, -0.05) is 0 Å². The van der Waals surface area contributed by atoms with E-state index in [0.717, 1.165) is 16.8 Å². The van der Waals surface area contributed by atoms with Gasteiger partial charge in [-0.05, 0) is 35.6 Å². The first-order valence-corrected chi connectivity index (χ1v) is 5.37. The molecule has 0 fully saturated rings. The average Bonchev–Trinajstić information content (AvgIpc) is 2.44. The fourth-order valence-electron chi connectivity index (χ4n) is 1.48. The second-order valence-electron chi connectivity index (χ2n) is 3.20. The summed E-state index contributed by atoms with van der Waals surface area (Å²) in [6.45, 7) is 2.09. The van der Waals surface area contributed by atoms with Gasteiger partial charge in [0.25, 0.3) is 0 Å². The molecule has 0 saturated heterocycles. The Kier molecular flexibility index (Phi) is 2.38. The third-order valence-electron chi connectivity index (χ3n) is 2.45. The standard InChI is InChI=1S/C10H11IN2O/c1-6-9(11)8-4-7(14-3)5-12-10(8)13(6)2/h4-5H,1-3H3. The molecule has 74 valence electrons. The van der Waals surface area contributed by atoms with Crippen molar-refractivity contribution in [2.75, 3.05) is 7.11 Å². The first kappa shape index (κ1) is 9.76. The lowest BCUT2D eigenvalue weighted by molar-refractivity contribution is 0.413. The number of pyridine rings is 1. The monoisotopic (exact) mass is 302 g/mol. The van der Waals surface area contributed by atoms with E-state index in [0.29, 0.717) is 0 Å². The highest BCUT2D eigenvalue weighted by atomic mass is 127. The zero-order valence-corrected chi connectivity index (χ0v) is 10.5. The zero-order valence-electron chi connectivity index (χ0n) is 8.34. The molecule has 0 atom stereocenters. The van der Waals surface area contributed by atoms with Crippen molar-refractivity contribution in [1.82, 2.24) is 9.55 Å². The Morgan fingerprint density at radius 2 is 2.21 bits per heavy atom. The van der Waals surface area contributed by atoms with Gasteiger partial charge in [0.2, 0.25) is 0 Å². The molecular weight excluding hydrogens is 291 g/mol. The topological polar surface area (TPSA) is 27.1 Å². The molecule has 2 heterocycles. The van der Waals surface area contributed by atoms with E-state index in [1.165, 1.54) is 9.26 Å². The molecule has 0 spiro atoms. The predicted molar refractivity (Wildman–Crippen MR) is 64.7 cm³/mol. The summed E-state index contributed by atoms with van der Waals surface area (Å²) < 4.78 is 8.49. The van der Waals surface area contributed by atoms with E-state index in [4.69, 9.17) is 4.74 Å². The number of fused-ring (bicyclic) bond motifs is 1. The molecule has 0 aromatic carbocycles. The number of hydrogen-bond donors (Lipinski definition) is 0. The number of aryl methyl sites for hydroxylation is 1. The number of hydrogen-bond acceptors (Lipinski definition) is 2. The summed E-state index contributed by atoms with van der Waals surface area (Å²) in [4.78, 5) is 4.37. The van der Waals surface area contributed by atoms with Crippen molar-refractivity contribution in [2.45, 2.75) is 6.92 Å². The molecule has 3 nitrogen and oxygen atoms in total. The lowest BCUT2D eigenvalue weighted by Crippen LogP contribution is -1.92. The van der Waals surface area contributed by atoms with Gasteiger partial charge in [0.15, 0.2) is 0 Å². The van der Waals surface area contributed by atoms with Crippen molar-refractivity contribution in [3.05, 3.63) is 21.5 Å². The summed E-state index contributed by atoms with van der Waals surface area (Å²) in [5, 5.41) is 1.16. The maximum Gasteiger partial charge on any atom is 0.141 e. The molecule has 0 bridgehead atoms. The van der Waals surface area contributed by atoms with Gasteiger partial charge in [0.05, 0.1) is 13.3 Å². The molecule has 0 aliphatic carbocycles. The van der Waals surface area contributed by atoms with Crippen LogP contribution in [0.2, 0.25) is 0 Å². The number of nitrogens with zero attached hydrogens (tertiary/aromatic N) is 2. The van der Waals surface area contributed by atoms with Crippen LogP contribution < -0.4 is 4.74 Å². The molecule has 0 radical (unpaired) electrons. The van der Waals surface area contributed by atoms with Gasteiger partial charge in [-0.2, -0.15) is 0 Å². The Balaban J connectivity index is 2.82. The second-order valence-corrected chi connectivity index (χ2v) is 4.28. The smallest absolute Gasteiger partial charge is 0.141 e. The third-order valence-corrected chi connectivity index (χ3v) is 3.81. The van der Waals surface area contributed by atoms with Crippen molar-refractivity contribution < 1.29 is 4.74 Å². The molecule has 0 saturated carbocycles. The molecule has 2 aromatic rings. The van der Waals surface area contributed by atoms with Crippen LogP contribution in [0.4, 0.5) is 0 Å². The van der Waals surface area contributed by atoms with E-state index < -0.39 is 0 Å². The molecule has 2 rings (SSSR count). The van der Waals surface area contributed by atoms with Crippen molar-refractivity contribution in [3.63, 3.8) is 0 Å². The highest BCUT2D eigenvalue weighted by molar-refractivity contribution is 14.1. The minimum absolute atomic E-state index is 0.806. The summed E-state index contributed by atoms with van der Waals surface area (Å²) in [6.07, 6.45) is 1.75. The zero-order chi connectivity index (χ0) is 10.3. The molecule has 0 unspecified atom stereocenters. The number of rotatable bonds is 1. The maximum atomic E-state index is 5.15. The summed E-state index contributed by atoms with van der Waals surface area (Å²) in [5.41, 5.74) is 2.24. The minimum atomic E-state index is 0.806. The highest BCUT2D eigenvalue weighted by Gasteiger charge is 2.10. The SMILES string of the molecule is COc1cnc2c(c1)c(I)c(C)n2C. The van der Waals surface area contributed by atoms with Crippen LogP contribution in [-0.4, -0.2) is 16.7 Å². The van der Waals surface area contributed by atoms with Gasteiger partial charge < -0.3 is 9.30 Å². The Morgan fingerprint density at radius 3 is 2.86 bits per heavy atom. The van der Waals surface area contributed by atoms with Crippen LogP contribution in [0, 0.1) is 10.5 Å². The van der Waals surface area contributed by atoms with Gasteiger partial charge >= 0.3 is 0 Å². The summed E-state index contributed by atoms with van der Waals surface area (Å²) >= 11 is 2.34. The highest BCUT2D eigenvalue weighted by Crippen LogP contribution is 2.27. The van der Waals surface area contributed by atoms with Crippen molar-refractivity contribution in [1.29, 1.82) is 0 Å². The van der Waals surface area contributed by atoms with Gasteiger partial charge in [-0.15, -0.1) is 0 Å². The van der Waals surface area contributed by atoms with Gasteiger partial charge in [0, 0.05) is 21.7 Å². The van der Waals surface area contributed by atoms with E-state index >= 15 is 0 Å². The fourth-order valence-corrected chi connectivity index (χ4v) is 2.24. The molecule has 4 heteroatoms. The number of aromatic nitrogens is 2. The van der Waals surface area contributed by atoms with Gasteiger partial charge in [-0.25, -0.2) is 4.98 Å². The van der Waals surface area contributed by atoms with Crippen LogP contribution >= 0.6 is 22.6 Å². The lowest BCUT2D eigenvalue weighted by Gasteiger charge is -1.99. The Labute approximate surface area is 96.2 Å². The lowest BCUT2D eigenvalue weighted by atomic mass is 10.3. The van der Waals surface area contributed by atoms with E-state index in [1.54, 1.807) is 13.3 Å². The normalized spacial score (nSPS) is 10.9. The third kappa shape index (κ3) is 1.28. The number of methoxy groups -OCH3 is 1. The largest absolute Gasteiger partial charge is 0.495 e. The van der Waals surface area contributed by atoms with Crippen LogP contribution in [0.25, 0.3) is 11.0 Å². The van der Waals surface area contributed by atoms with Crippen molar-refractivity contribution in [2.24, 2.45) is 7.05 Å². The quantitative estimate of drug-likeness (QED) is 0.757. The summed E-state index contributed by atoms with van der Waals surface area (Å²) in [6, 6.07) is 2.02. The Morgan fingerprint density at radius 1 is 1.50 bits per heavy atom. The molecule has 14 heavy (non-hydrogen) atoms. The molecule has 0 aliphatic heterocycles. The van der Waals surface area contributed by atoms with E-state index in [1.807, 2.05) is 13.1 Å². The molecule has 0 N–H and O–H groups in total. The van der Waals surface area contributed by atoms with Crippen molar-refractivity contribution >= 4 is 33.6 Å². The average molecular weight is 302 g/mol. The van der Waals surface area contributed by atoms with Gasteiger partial charge in [-0.3, -0.25) is 0 Å². The molecule has 2 aromatic heterocycles. The fraction of sp³-hybridized carbons (Fsp3) is 0.300. The maximum absolute atomic E-state index is 5.15. The first-order chi connectivity index (χ1) is 6.65. The predicted octanol–water partition coefficient (Wildman–Crippen LogP) is 2.49. The Hall–Kier alpha value is -0.780. The van der Waals surface area contributed by atoms with E-state index in [9.17, 15) is 0 Å². The summed E-state index contributed by atoms with van der Waals surface area (Å²) in [7, 11) is 3.69. The van der Waals surface area contributed by atoms with Crippen LogP contribution in [0.15, 0.2) is 12.3 Å². The molecule has 0 aliphatic rings. The Bertz CT molecular complexity index is 490. The minimum Gasteiger partial charge on any atom is -0.495 e. The number of ether oxygens (including phenoxy) is 1. The van der Waals surface area contributed by atoms with Crippen LogP contribution in [0.5, 0.6) is 5.75 Å². The van der Waals surface area contributed by atoms with E-state index in [2.05, 4.69) is 39.1 Å². The number of halogens is 1. The first-order valence-electron chi connectivity index (χ1n) is 4.29. The molecular formula is C10H11IN2O.